The monoisotopic (exact) mass is 309 g/mol. The molecule has 118 valence electrons. The number of urea groups is 1. The number of likely N-dealkylation sites (tertiary alicyclic amines) is 1. The average molecular weight is 309 g/mol. The van der Waals surface area contributed by atoms with E-state index in [0.717, 1.165) is 35.9 Å². The van der Waals surface area contributed by atoms with E-state index in [9.17, 15) is 4.79 Å². The molecule has 3 aromatic rings. The second kappa shape index (κ2) is 5.53. The molecule has 4 rings (SSSR count). The molecule has 1 aliphatic heterocycles. The van der Waals surface area contributed by atoms with E-state index in [2.05, 4.69) is 20.3 Å². The number of hydrogen-bond acceptors (Lipinski definition) is 3. The summed E-state index contributed by atoms with van der Waals surface area (Å²) in [7, 11) is 0. The van der Waals surface area contributed by atoms with Crippen LogP contribution in [0.25, 0.3) is 21.8 Å². The molecular weight excluding hydrogens is 290 g/mol. The van der Waals surface area contributed by atoms with E-state index < -0.39 is 0 Å². The summed E-state index contributed by atoms with van der Waals surface area (Å²) in [5.41, 5.74) is 1.95. The predicted octanol–water partition coefficient (Wildman–Crippen LogP) is 2.63. The van der Waals surface area contributed by atoms with Gasteiger partial charge in [0.05, 0.1) is 0 Å². The van der Waals surface area contributed by atoms with Crippen LogP contribution in [-0.4, -0.2) is 45.5 Å². The fourth-order valence-electron chi connectivity index (χ4n) is 3.46. The van der Waals surface area contributed by atoms with Crippen LogP contribution in [0.2, 0.25) is 0 Å². The number of aromatic nitrogens is 3. The number of pyridine rings is 2. The molecule has 0 radical (unpaired) electrons. The number of nitrogens with zero attached hydrogens (tertiary/aromatic N) is 3. The Hall–Kier alpha value is -2.63. The molecule has 6 nitrogen and oxygen atoms in total. The SMILES string of the molecule is CCNC(=O)N1CCC(c2[nH]ccc3cnc4nccc4c23)C1. The van der Waals surface area contributed by atoms with Gasteiger partial charge >= 0.3 is 6.03 Å². The van der Waals surface area contributed by atoms with E-state index in [1.54, 1.807) is 6.20 Å². The third-order valence-corrected chi connectivity index (χ3v) is 4.55. The highest BCUT2D eigenvalue weighted by Gasteiger charge is 2.29. The predicted molar refractivity (Wildman–Crippen MR) is 89.4 cm³/mol. The van der Waals surface area contributed by atoms with Gasteiger partial charge in [0.15, 0.2) is 5.65 Å². The highest BCUT2D eigenvalue weighted by atomic mass is 16.2. The van der Waals surface area contributed by atoms with Gasteiger partial charge in [0.2, 0.25) is 0 Å². The first-order chi connectivity index (χ1) is 11.3. The molecule has 1 fully saturated rings. The number of aromatic amines is 1. The van der Waals surface area contributed by atoms with Gasteiger partial charge in [-0.3, -0.25) is 0 Å². The Kier molecular flexibility index (Phi) is 3.37. The fourth-order valence-corrected chi connectivity index (χ4v) is 3.46. The van der Waals surface area contributed by atoms with Crippen molar-refractivity contribution in [3.05, 3.63) is 36.4 Å². The molecule has 0 bridgehead atoms. The summed E-state index contributed by atoms with van der Waals surface area (Å²) in [5, 5.41) is 6.24. The van der Waals surface area contributed by atoms with Gasteiger partial charge in [-0.25, -0.2) is 14.8 Å². The van der Waals surface area contributed by atoms with Crippen molar-refractivity contribution in [3.8, 4) is 0 Å². The van der Waals surface area contributed by atoms with Crippen molar-refractivity contribution >= 4 is 27.8 Å². The Balaban J connectivity index is 1.75. The number of nitrogens with one attached hydrogen (secondary N) is 2. The Labute approximate surface area is 133 Å². The molecule has 1 unspecified atom stereocenters. The van der Waals surface area contributed by atoms with E-state index in [-0.39, 0.29) is 6.03 Å². The van der Waals surface area contributed by atoms with Crippen LogP contribution in [-0.2, 0) is 0 Å². The number of rotatable bonds is 2. The van der Waals surface area contributed by atoms with Gasteiger partial charge in [0.25, 0.3) is 0 Å². The molecule has 1 saturated heterocycles. The van der Waals surface area contributed by atoms with Crippen molar-refractivity contribution < 1.29 is 4.79 Å². The highest BCUT2D eigenvalue weighted by Crippen LogP contribution is 2.33. The summed E-state index contributed by atoms with van der Waals surface area (Å²) in [6.07, 6.45) is 6.59. The van der Waals surface area contributed by atoms with Gasteiger partial charge in [0, 0.05) is 66.0 Å². The second-order valence-corrected chi connectivity index (χ2v) is 5.93. The molecule has 23 heavy (non-hydrogen) atoms. The maximum Gasteiger partial charge on any atom is 0.317 e. The lowest BCUT2D eigenvalue weighted by atomic mass is 9.97. The quantitative estimate of drug-likeness (QED) is 0.764. The second-order valence-electron chi connectivity index (χ2n) is 5.93. The molecule has 2 amide bonds. The van der Waals surface area contributed by atoms with Gasteiger partial charge in [-0.15, -0.1) is 0 Å². The van der Waals surface area contributed by atoms with Crippen LogP contribution in [0.3, 0.4) is 0 Å². The summed E-state index contributed by atoms with van der Waals surface area (Å²) in [5.74, 6) is 0.307. The van der Waals surface area contributed by atoms with Crippen LogP contribution >= 0.6 is 0 Å². The van der Waals surface area contributed by atoms with Crippen LogP contribution in [0.4, 0.5) is 4.79 Å². The van der Waals surface area contributed by atoms with Crippen molar-refractivity contribution in [1.82, 2.24) is 25.2 Å². The van der Waals surface area contributed by atoms with Crippen LogP contribution in [0.1, 0.15) is 25.0 Å². The zero-order chi connectivity index (χ0) is 15.8. The van der Waals surface area contributed by atoms with Crippen LogP contribution in [0.5, 0.6) is 0 Å². The average Bonchev–Trinajstić information content (AvgIpc) is 3.23. The number of carbonyl (C=O) groups is 1. The lowest BCUT2D eigenvalue weighted by Gasteiger charge is -2.17. The highest BCUT2D eigenvalue weighted by molar-refractivity contribution is 6.05. The van der Waals surface area contributed by atoms with E-state index in [4.69, 9.17) is 0 Å². The van der Waals surface area contributed by atoms with E-state index >= 15 is 0 Å². The number of fused-ring (bicyclic) bond motifs is 3. The lowest BCUT2D eigenvalue weighted by Crippen LogP contribution is -2.38. The minimum atomic E-state index is 0.0250. The molecule has 3 aromatic heterocycles. The molecule has 0 saturated carbocycles. The molecule has 1 atom stereocenters. The van der Waals surface area contributed by atoms with E-state index in [1.807, 2.05) is 36.4 Å². The van der Waals surface area contributed by atoms with Crippen molar-refractivity contribution in [2.75, 3.05) is 19.6 Å². The van der Waals surface area contributed by atoms with Gasteiger partial charge in [-0.2, -0.15) is 0 Å². The molecule has 4 heterocycles. The molecule has 2 N–H and O–H groups in total. The molecule has 0 aliphatic carbocycles. The standard InChI is InChI=1S/C17H19N5O/c1-2-18-17(23)22-8-5-12(10-22)15-14-11(3-6-19-15)9-21-16-13(14)4-7-20-16/h3-4,6-7,9,12,19H,2,5,8,10H2,1H3,(H,18,23). The fraction of sp³-hybridized carbons (Fsp3) is 0.353. The summed E-state index contributed by atoms with van der Waals surface area (Å²) in [6.45, 7) is 4.12. The maximum atomic E-state index is 12.0. The zero-order valence-electron chi connectivity index (χ0n) is 13.0. The Morgan fingerprint density at radius 2 is 2.35 bits per heavy atom. The summed E-state index contributed by atoms with van der Waals surface area (Å²) in [6, 6.07) is 4.07. The number of H-pyrrole nitrogens is 1. The third-order valence-electron chi connectivity index (χ3n) is 4.55. The van der Waals surface area contributed by atoms with E-state index in [1.165, 1.54) is 11.1 Å². The zero-order valence-corrected chi connectivity index (χ0v) is 13.0. The minimum Gasteiger partial charge on any atom is -0.364 e. The van der Waals surface area contributed by atoms with Crippen LogP contribution in [0.15, 0.2) is 30.7 Å². The van der Waals surface area contributed by atoms with Crippen molar-refractivity contribution in [2.45, 2.75) is 19.3 Å². The van der Waals surface area contributed by atoms with Gasteiger partial charge < -0.3 is 15.2 Å². The van der Waals surface area contributed by atoms with Crippen LogP contribution in [0, 0.1) is 0 Å². The molecule has 6 heteroatoms. The summed E-state index contributed by atoms with van der Waals surface area (Å²) < 4.78 is 0. The Morgan fingerprint density at radius 1 is 1.43 bits per heavy atom. The molecule has 1 aliphatic rings. The first-order valence-corrected chi connectivity index (χ1v) is 8.01. The number of amides is 2. The molecule has 0 spiro atoms. The van der Waals surface area contributed by atoms with Crippen molar-refractivity contribution in [1.29, 1.82) is 0 Å². The molecule has 0 aromatic carbocycles. The lowest BCUT2D eigenvalue weighted by molar-refractivity contribution is 0.209. The van der Waals surface area contributed by atoms with Crippen molar-refractivity contribution in [3.63, 3.8) is 0 Å². The minimum absolute atomic E-state index is 0.0250. The largest absolute Gasteiger partial charge is 0.364 e. The first-order valence-electron chi connectivity index (χ1n) is 8.01. The van der Waals surface area contributed by atoms with Crippen molar-refractivity contribution in [2.24, 2.45) is 0 Å². The number of carbonyl (C=O) groups excluding carboxylic acids is 1. The van der Waals surface area contributed by atoms with Gasteiger partial charge in [-0.1, -0.05) is 0 Å². The van der Waals surface area contributed by atoms with Gasteiger partial charge in [0.1, 0.15) is 0 Å². The van der Waals surface area contributed by atoms with E-state index in [0.29, 0.717) is 12.5 Å². The summed E-state index contributed by atoms with van der Waals surface area (Å²) in [4.78, 5) is 26.1. The topological polar surface area (TPSA) is 73.9 Å². The maximum absolute atomic E-state index is 12.0. The smallest absolute Gasteiger partial charge is 0.317 e. The number of hydrogen-bond donors (Lipinski definition) is 2. The Bertz CT molecular complexity index is 872. The van der Waals surface area contributed by atoms with Crippen LogP contribution < -0.4 is 5.32 Å². The van der Waals surface area contributed by atoms with Gasteiger partial charge in [-0.05, 0) is 25.5 Å². The Morgan fingerprint density at radius 3 is 3.22 bits per heavy atom. The summed E-state index contributed by atoms with van der Waals surface area (Å²) >= 11 is 0. The molecular formula is C17H19N5O. The normalized spacial score (nSPS) is 18.0. The first kappa shape index (κ1) is 14.0. The third kappa shape index (κ3) is 2.30.